The highest BCUT2D eigenvalue weighted by Crippen LogP contribution is 2.30. The average Bonchev–Trinajstić information content (AvgIpc) is 3.04. The van der Waals surface area contributed by atoms with Crippen LogP contribution in [-0.4, -0.2) is 31.1 Å². The Morgan fingerprint density at radius 3 is 2.95 bits per heavy atom. The van der Waals surface area contributed by atoms with Crippen LogP contribution in [0.1, 0.15) is 17.7 Å². The van der Waals surface area contributed by atoms with Gasteiger partial charge >= 0.3 is 0 Å². The van der Waals surface area contributed by atoms with Crippen molar-refractivity contribution in [2.45, 2.75) is 19.9 Å². The molecule has 0 amide bonds. The van der Waals surface area contributed by atoms with Gasteiger partial charge in [-0.25, -0.2) is 0 Å². The van der Waals surface area contributed by atoms with Crippen LogP contribution < -0.4 is 5.32 Å². The van der Waals surface area contributed by atoms with E-state index in [4.69, 9.17) is 4.42 Å². The summed E-state index contributed by atoms with van der Waals surface area (Å²) >= 11 is 0. The Balaban J connectivity index is 0.00000132. The number of benzene rings is 1. The molecule has 2 aliphatic rings. The van der Waals surface area contributed by atoms with Crippen LogP contribution in [0.5, 0.6) is 0 Å². The summed E-state index contributed by atoms with van der Waals surface area (Å²) < 4.78 is 5.89. The van der Waals surface area contributed by atoms with Gasteiger partial charge in [0.15, 0.2) is 0 Å². The average molecular weight is 307 g/mol. The third-order valence-corrected chi connectivity index (χ3v) is 5.07. The molecule has 4 heteroatoms. The first-order chi connectivity index (χ1) is 9.81. The second kappa shape index (κ2) is 5.99. The summed E-state index contributed by atoms with van der Waals surface area (Å²) in [4.78, 5) is 2.61. The SMILES string of the molecule is Cc1oc2ccccc2c1CN1CCC2CNCC2C1.Cl. The van der Waals surface area contributed by atoms with E-state index in [-0.39, 0.29) is 12.4 Å². The number of nitrogens with one attached hydrogen (secondary N) is 1. The third kappa shape index (κ3) is 2.70. The van der Waals surface area contributed by atoms with Gasteiger partial charge in [-0.05, 0) is 50.9 Å². The van der Waals surface area contributed by atoms with Crippen molar-refractivity contribution in [3.05, 3.63) is 35.6 Å². The van der Waals surface area contributed by atoms with Crippen molar-refractivity contribution in [2.24, 2.45) is 11.8 Å². The monoisotopic (exact) mass is 306 g/mol. The predicted molar refractivity (Wildman–Crippen MR) is 87.9 cm³/mol. The number of aryl methyl sites for hydroxylation is 1. The fourth-order valence-corrected chi connectivity index (χ4v) is 3.90. The molecule has 1 aromatic heterocycles. The number of nitrogens with zero attached hydrogens (tertiary/aromatic N) is 1. The maximum atomic E-state index is 5.89. The van der Waals surface area contributed by atoms with E-state index in [1.165, 1.54) is 43.5 Å². The van der Waals surface area contributed by atoms with Crippen molar-refractivity contribution < 1.29 is 4.42 Å². The molecular formula is C17H23ClN2O. The number of para-hydroxylation sites is 1. The fourth-order valence-electron chi connectivity index (χ4n) is 3.90. The molecule has 1 N–H and O–H groups in total. The minimum Gasteiger partial charge on any atom is -0.461 e. The van der Waals surface area contributed by atoms with Gasteiger partial charge in [-0.1, -0.05) is 18.2 Å². The van der Waals surface area contributed by atoms with Crippen molar-refractivity contribution in [3.63, 3.8) is 0 Å². The lowest BCUT2D eigenvalue weighted by Gasteiger charge is -2.34. The lowest BCUT2D eigenvalue weighted by molar-refractivity contribution is 0.142. The minimum atomic E-state index is 0. The van der Waals surface area contributed by atoms with Crippen molar-refractivity contribution in [2.75, 3.05) is 26.2 Å². The molecule has 0 radical (unpaired) electrons. The molecule has 2 unspecified atom stereocenters. The zero-order valence-electron chi connectivity index (χ0n) is 12.5. The van der Waals surface area contributed by atoms with E-state index < -0.39 is 0 Å². The van der Waals surface area contributed by atoms with Gasteiger partial charge in [-0.3, -0.25) is 4.90 Å². The van der Waals surface area contributed by atoms with Crippen molar-refractivity contribution in [1.29, 1.82) is 0 Å². The quantitative estimate of drug-likeness (QED) is 0.923. The summed E-state index contributed by atoms with van der Waals surface area (Å²) in [6, 6.07) is 8.41. The van der Waals surface area contributed by atoms with Crippen LogP contribution in [0.3, 0.4) is 0 Å². The second-order valence-corrected chi connectivity index (χ2v) is 6.34. The van der Waals surface area contributed by atoms with Crippen LogP contribution >= 0.6 is 12.4 Å². The van der Waals surface area contributed by atoms with Gasteiger partial charge in [0.25, 0.3) is 0 Å². The molecule has 0 spiro atoms. The summed E-state index contributed by atoms with van der Waals surface area (Å²) in [5.74, 6) is 2.84. The molecule has 1 aromatic carbocycles. The molecule has 114 valence electrons. The van der Waals surface area contributed by atoms with Crippen LogP contribution in [0, 0.1) is 18.8 Å². The highest BCUT2D eigenvalue weighted by atomic mass is 35.5. The molecule has 3 nitrogen and oxygen atoms in total. The smallest absolute Gasteiger partial charge is 0.134 e. The van der Waals surface area contributed by atoms with E-state index >= 15 is 0 Å². The number of halogens is 1. The normalized spacial score (nSPS) is 25.8. The Morgan fingerprint density at radius 2 is 2.05 bits per heavy atom. The highest BCUT2D eigenvalue weighted by Gasteiger charge is 2.33. The van der Waals surface area contributed by atoms with Gasteiger partial charge in [-0.15, -0.1) is 12.4 Å². The molecule has 2 saturated heterocycles. The van der Waals surface area contributed by atoms with E-state index in [2.05, 4.69) is 35.3 Å². The molecule has 2 fully saturated rings. The standard InChI is InChI=1S/C17H22N2O.ClH/c1-12-16(15-4-2-3-5-17(15)20-12)11-19-7-6-13-8-18-9-14(13)10-19;/h2-5,13-14,18H,6-11H2,1H3;1H. The Labute approximate surface area is 132 Å². The van der Waals surface area contributed by atoms with E-state index in [9.17, 15) is 0 Å². The first-order valence-electron chi connectivity index (χ1n) is 7.71. The van der Waals surface area contributed by atoms with Crippen LogP contribution in [-0.2, 0) is 6.54 Å². The summed E-state index contributed by atoms with van der Waals surface area (Å²) in [6.07, 6.45) is 1.34. The zero-order chi connectivity index (χ0) is 13.5. The molecule has 2 atom stereocenters. The van der Waals surface area contributed by atoms with E-state index in [0.717, 1.165) is 29.7 Å². The van der Waals surface area contributed by atoms with E-state index in [1.807, 2.05) is 6.07 Å². The summed E-state index contributed by atoms with van der Waals surface area (Å²) in [5, 5.41) is 4.83. The van der Waals surface area contributed by atoms with Gasteiger partial charge in [0.1, 0.15) is 11.3 Å². The first-order valence-corrected chi connectivity index (χ1v) is 7.71. The van der Waals surface area contributed by atoms with Crippen LogP contribution in [0.2, 0.25) is 0 Å². The molecule has 0 saturated carbocycles. The van der Waals surface area contributed by atoms with Gasteiger partial charge in [0, 0.05) is 24.0 Å². The van der Waals surface area contributed by atoms with Crippen molar-refractivity contribution >= 4 is 23.4 Å². The Bertz CT molecular complexity index is 624. The summed E-state index contributed by atoms with van der Waals surface area (Å²) in [6.45, 7) is 8.02. The maximum absolute atomic E-state index is 5.89. The minimum absolute atomic E-state index is 0. The second-order valence-electron chi connectivity index (χ2n) is 6.34. The number of hydrogen-bond donors (Lipinski definition) is 1. The number of piperidine rings is 1. The predicted octanol–water partition coefficient (Wildman–Crippen LogP) is 3.20. The summed E-state index contributed by atoms with van der Waals surface area (Å²) in [5.41, 5.74) is 2.41. The van der Waals surface area contributed by atoms with E-state index in [1.54, 1.807) is 0 Å². The first kappa shape index (κ1) is 14.9. The van der Waals surface area contributed by atoms with Gasteiger partial charge in [0.2, 0.25) is 0 Å². The van der Waals surface area contributed by atoms with Gasteiger partial charge in [-0.2, -0.15) is 0 Å². The topological polar surface area (TPSA) is 28.4 Å². The molecule has 2 aromatic rings. The lowest BCUT2D eigenvalue weighted by Crippen LogP contribution is -2.39. The number of furan rings is 1. The molecule has 0 bridgehead atoms. The lowest BCUT2D eigenvalue weighted by atomic mass is 9.88. The molecule has 4 rings (SSSR count). The Hall–Kier alpha value is -1.03. The van der Waals surface area contributed by atoms with Crippen LogP contribution in [0.25, 0.3) is 11.0 Å². The molecule has 21 heavy (non-hydrogen) atoms. The highest BCUT2D eigenvalue weighted by molar-refractivity contribution is 5.85. The summed E-state index contributed by atoms with van der Waals surface area (Å²) in [7, 11) is 0. The fraction of sp³-hybridized carbons (Fsp3) is 0.529. The maximum Gasteiger partial charge on any atom is 0.134 e. The van der Waals surface area contributed by atoms with Crippen molar-refractivity contribution in [1.82, 2.24) is 10.2 Å². The van der Waals surface area contributed by atoms with Gasteiger partial charge < -0.3 is 9.73 Å². The molecule has 2 aliphatic heterocycles. The molecule has 3 heterocycles. The molecular weight excluding hydrogens is 284 g/mol. The van der Waals surface area contributed by atoms with Crippen LogP contribution in [0.15, 0.2) is 28.7 Å². The van der Waals surface area contributed by atoms with Crippen LogP contribution in [0.4, 0.5) is 0 Å². The van der Waals surface area contributed by atoms with E-state index in [0.29, 0.717) is 0 Å². The number of likely N-dealkylation sites (tertiary alicyclic amines) is 1. The zero-order valence-corrected chi connectivity index (χ0v) is 13.3. The molecule has 0 aliphatic carbocycles. The number of hydrogen-bond acceptors (Lipinski definition) is 3. The Kier molecular flexibility index (Phi) is 4.25. The number of fused-ring (bicyclic) bond motifs is 2. The third-order valence-electron chi connectivity index (χ3n) is 5.07. The largest absolute Gasteiger partial charge is 0.461 e. The van der Waals surface area contributed by atoms with Gasteiger partial charge in [0.05, 0.1) is 0 Å². The Morgan fingerprint density at radius 1 is 1.24 bits per heavy atom. The van der Waals surface area contributed by atoms with Crippen molar-refractivity contribution in [3.8, 4) is 0 Å². The number of rotatable bonds is 2.